The summed E-state index contributed by atoms with van der Waals surface area (Å²) in [5.74, 6) is -0.682. The Morgan fingerprint density at radius 1 is 1.19 bits per heavy atom. The van der Waals surface area contributed by atoms with Crippen molar-refractivity contribution in [2.75, 3.05) is 11.5 Å². The zero-order valence-electron chi connectivity index (χ0n) is 16.4. The zero-order chi connectivity index (χ0) is 23.0. The fourth-order valence-corrected chi connectivity index (χ4v) is 3.97. The molecule has 3 amide bonds. The smallest absolute Gasteiger partial charge is 0.492 e. The molecular weight excluding hydrogens is 439 g/mol. The maximum absolute atomic E-state index is 12.9. The quantitative estimate of drug-likeness (QED) is 0.669. The molecule has 8 nitrogen and oxygen atoms in total. The van der Waals surface area contributed by atoms with Gasteiger partial charge in [0.05, 0.1) is 23.4 Å². The minimum Gasteiger partial charge on any atom is -0.492 e. The molecule has 1 aliphatic rings. The van der Waals surface area contributed by atoms with Gasteiger partial charge in [-0.15, -0.1) is 0 Å². The maximum atomic E-state index is 12.9. The fraction of sp³-hybridized carbons (Fsp3) is 0.316. The van der Waals surface area contributed by atoms with Gasteiger partial charge in [0.15, 0.2) is 0 Å². The van der Waals surface area contributed by atoms with E-state index in [0.717, 1.165) is 17.0 Å². The number of alkyl halides is 3. The third kappa shape index (κ3) is 4.07. The average Bonchev–Trinajstić information content (AvgIpc) is 3.01. The van der Waals surface area contributed by atoms with Crippen LogP contribution in [0.15, 0.2) is 47.6 Å². The second-order valence-corrected chi connectivity index (χ2v) is 8.62. The second kappa shape index (κ2) is 8.17. The molecule has 31 heavy (non-hydrogen) atoms. The molecule has 2 atom stereocenters. The van der Waals surface area contributed by atoms with E-state index in [4.69, 9.17) is 4.74 Å². The molecule has 2 heterocycles. The number of anilines is 1. The number of carbonyl (C=O) groups is 2. The number of ether oxygens (including phenoxy) is 1. The molecule has 1 aromatic heterocycles. The molecule has 0 spiro atoms. The van der Waals surface area contributed by atoms with Crippen LogP contribution in [0.25, 0.3) is 0 Å². The number of aromatic nitrogens is 1. The number of benzene rings is 1. The van der Waals surface area contributed by atoms with Gasteiger partial charge in [-0.1, -0.05) is 6.92 Å². The molecule has 0 radical (unpaired) electrons. The number of urea groups is 1. The number of nitrogens with one attached hydrogen (secondary N) is 1. The van der Waals surface area contributed by atoms with Crippen LogP contribution in [0.5, 0.6) is 5.75 Å². The topological polar surface area (TPSA) is 106 Å². The van der Waals surface area contributed by atoms with Gasteiger partial charge in [-0.3, -0.25) is 9.78 Å². The van der Waals surface area contributed by atoms with Crippen molar-refractivity contribution in [3.05, 3.63) is 48.3 Å². The molecule has 1 fully saturated rings. The van der Waals surface area contributed by atoms with E-state index in [1.165, 1.54) is 12.4 Å². The minimum absolute atomic E-state index is 0.0573. The summed E-state index contributed by atoms with van der Waals surface area (Å²) in [6.07, 6.45) is 3.02. The Balaban J connectivity index is 1.87. The summed E-state index contributed by atoms with van der Waals surface area (Å²) in [6, 6.07) is 3.27. The normalized spacial score (nSPS) is 18.1. The van der Waals surface area contributed by atoms with E-state index in [-0.39, 0.29) is 5.69 Å². The molecule has 2 unspecified atom stereocenters. The molecule has 0 bridgehead atoms. The van der Waals surface area contributed by atoms with Crippen molar-refractivity contribution in [2.24, 2.45) is 0 Å². The number of hydrogen-bond donors (Lipinski definition) is 1. The largest absolute Gasteiger partial charge is 0.501 e. The number of sulfone groups is 1. The van der Waals surface area contributed by atoms with Crippen LogP contribution in [-0.4, -0.2) is 43.5 Å². The van der Waals surface area contributed by atoms with Crippen molar-refractivity contribution < 1.29 is 35.9 Å². The van der Waals surface area contributed by atoms with Gasteiger partial charge in [-0.05, 0) is 37.3 Å². The maximum Gasteiger partial charge on any atom is 0.501 e. The van der Waals surface area contributed by atoms with Gasteiger partial charge in [0.25, 0.3) is 15.7 Å². The first-order valence-corrected chi connectivity index (χ1v) is 10.6. The Morgan fingerprint density at radius 3 is 2.42 bits per heavy atom. The first kappa shape index (κ1) is 22.5. The highest BCUT2D eigenvalue weighted by atomic mass is 32.2. The van der Waals surface area contributed by atoms with E-state index in [1.807, 2.05) is 0 Å². The van der Waals surface area contributed by atoms with Crippen molar-refractivity contribution in [2.45, 2.75) is 36.2 Å². The van der Waals surface area contributed by atoms with Gasteiger partial charge in [-0.2, -0.15) is 13.2 Å². The van der Waals surface area contributed by atoms with Gasteiger partial charge < -0.3 is 10.1 Å². The molecule has 12 heteroatoms. The summed E-state index contributed by atoms with van der Waals surface area (Å²) in [6.45, 7) is 3.87. The Labute approximate surface area is 175 Å². The number of rotatable bonds is 6. The van der Waals surface area contributed by atoms with Crippen LogP contribution in [0.4, 0.5) is 23.7 Å². The van der Waals surface area contributed by atoms with Gasteiger partial charge in [0.1, 0.15) is 11.8 Å². The summed E-state index contributed by atoms with van der Waals surface area (Å²) in [7, 11) is -5.54. The predicted molar refractivity (Wildman–Crippen MR) is 103 cm³/mol. The van der Waals surface area contributed by atoms with E-state index in [0.29, 0.717) is 30.1 Å². The summed E-state index contributed by atoms with van der Waals surface area (Å²) in [5.41, 5.74) is -4.87. The van der Waals surface area contributed by atoms with Gasteiger partial charge in [-0.25, -0.2) is 18.1 Å². The van der Waals surface area contributed by atoms with E-state index >= 15 is 0 Å². The molecule has 0 aliphatic carbocycles. The van der Waals surface area contributed by atoms with Crippen molar-refractivity contribution in [1.82, 2.24) is 10.3 Å². The first-order valence-electron chi connectivity index (χ1n) is 9.11. The van der Waals surface area contributed by atoms with Gasteiger partial charge in [0, 0.05) is 17.7 Å². The van der Waals surface area contributed by atoms with Crippen LogP contribution >= 0.6 is 0 Å². The number of halogens is 3. The first-order chi connectivity index (χ1) is 14.5. The number of hydrogen-bond acceptors (Lipinski definition) is 6. The lowest BCUT2D eigenvalue weighted by molar-refractivity contribution is -0.118. The Bertz CT molecular complexity index is 1100. The van der Waals surface area contributed by atoms with Gasteiger partial charge in [0.2, 0.25) is 0 Å². The summed E-state index contributed by atoms with van der Waals surface area (Å²) < 4.78 is 66.6. The lowest BCUT2D eigenvalue weighted by atomic mass is 9.93. The molecule has 1 aromatic carbocycles. The van der Waals surface area contributed by atoms with Crippen LogP contribution in [0, 0.1) is 0 Å². The van der Waals surface area contributed by atoms with Crippen LogP contribution in [-0.2, 0) is 14.6 Å². The summed E-state index contributed by atoms with van der Waals surface area (Å²) in [5, 5.41) is 2.55. The minimum atomic E-state index is -5.54. The summed E-state index contributed by atoms with van der Waals surface area (Å²) in [4.78, 5) is 29.1. The third-order valence-corrected chi connectivity index (χ3v) is 6.29. The number of imide groups is 1. The standard InChI is InChI=1S/C19H18F3N3O5S/c1-3-30-15-10-23-9-8-14(15)11(2)16-17(26)25(18(27)24-16)12-4-6-13(7-5-12)31(28,29)19(20,21)22/h4-11,16H,3H2,1-2H3,(H,24,27). The second-order valence-electron chi connectivity index (χ2n) is 6.68. The average molecular weight is 457 g/mol. The molecule has 2 aromatic rings. The molecule has 3 rings (SSSR count). The van der Waals surface area contributed by atoms with Crippen LogP contribution in [0.3, 0.4) is 0 Å². The highest BCUT2D eigenvalue weighted by Crippen LogP contribution is 2.34. The zero-order valence-corrected chi connectivity index (χ0v) is 17.2. The highest BCUT2D eigenvalue weighted by Gasteiger charge is 2.47. The molecular formula is C19H18F3N3O5S. The Hall–Kier alpha value is -3.15. The molecule has 1 saturated heterocycles. The molecule has 0 saturated carbocycles. The number of pyridine rings is 1. The van der Waals surface area contributed by atoms with Crippen molar-refractivity contribution in [3.63, 3.8) is 0 Å². The predicted octanol–water partition coefficient (Wildman–Crippen LogP) is 3.00. The molecule has 166 valence electrons. The van der Waals surface area contributed by atoms with Crippen molar-refractivity contribution in [1.29, 1.82) is 0 Å². The fourth-order valence-electron chi connectivity index (χ4n) is 3.21. The van der Waals surface area contributed by atoms with Crippen molar-refractivity contribution in [3.8, 4) is 5.75 Å². The van der Waals surface area contributed by atoms with E-state index in [9.17, 15) is 31.2 Å². The number of nitrogens with zero attached hydrogens (tertiary/aromatic N) is 2. The Kier molecular flexibility index (Phi) is 5.94. The number of amides is 3. The highest BCUT2D eigenvalue weighted by molar-refractivity contribution is 7.92. The van der Waals surface area contributed by atoms with Gasteiger partial charge >= 0.3 is 11.5 Å². The lowest BCUT2D eigenvalue weighted by Crippen LogP contribution is -2.35. The van der Waals surface area contributed by atoms with Crippen LogP contribution < -0.4 is 15.0 Å². The van der Waals surface area contributed by atoms with E-state index in [2.05, 4.69) is 10.3 Å². The number of carbonyl (C=O) groups excluding carboxylic acids is 2. The summed E-state index contributed by atoms with van der Waals surface area (Å²) >= 11 is 0. The van der Waals surface area contributed by atoms with Crippen LogP contribution in [0.2, 0.25) is 0 Å². The molecule has 1 N–H and O–H groups in total. The lowest BCUT2D eigenvalue weighted by Gasteiger charge is -2.20. The van der Waals surface area contributed by atoms with Crippen molar-refractivity contribution >= 4 is 27.5 Å². The van der Waals surface area contributed by atoms with Crippen LogP contribution in [0.1, 0.15) is 25.3 Å². The van der Waals surface area contributed by atoms with E-state index in [1.54, 1.807) is 19.9 Å². The Morgan fingerprint density at radius 2 is 1.84 bits per heavy atom. The van der Waals surface area contributed by atoms with E-state index < -0.39 is 44.1 Å². The molecule has 1 aliphatic heterocycles. The SMILES string of the molecule is CCOc1cnccc1C(C)C1NC(=O)N(c2ccc(S(=O)(=O)C(F)(F)F)cc2)C1=O. The monoisotopic (exact) mass is 457 g/mol. The third-order valence-electron chi connectivity index (χ3n) is 4.79.